The van der Waals surface area contributed by atoms with E-state index in [1.165, 1.54) is 0 Å². The molecule has 0 spiro atoms. The molecule has 3 atom stereocenters. The lowest BCUT2D eigenvalue weighted by atomic mass is 10.1. The first kappa shape index (κ1) is 7.50. The maximum absolute atomic E-state index is 10.4. The van der Waals surface area contributed by atoms with E-state index < -0.39 is 18.1 Å². The van der Waals surface area contributed by atoms with E-state index in [0.717, 1.165) is 0 Å². The number of ether oxygens (including phenoxy) is 1. The molecule has 1 fully saturated rings. The van der Waals surface area contributed by atoms with Crippen molar-refractivity contribution in [3.63, 3.8) is 0 Å². The smallest absolute Gasteiger partial charge is 0.249 e. The Bertz CT molecular complexity index is 148. The molecule has 1 saturated heterocycles. The first-order chi connectivity index (χ1) is 4.66. The molecule has 0 radical (unpaired) electrons. The summed E-state index contributed by atoms with van der Waals surface area (Å²) in [6, 6.07) is 0. The highest BCUT2D eigenvalue weighted by Gasteiger charge is 2.47. The van der Waals surface area contributed by atoms with Crippen LogP contribution in [0.25, 0.3) is 0 Å². The van der Waals surface area contributed by atoms with Gasteiger partial charge in [0.25, 0.3) is 0 Å². The molecule has 0 aromatic carbocycles. The SMILES string of the molecule is CC[C@@H](O)[C@H]1O[C@H]1C(N)=O. The van der Waals surface area contributed by atoms with Gasteiger partial charge in [-0.3, -0.25) is 4.79 Å². The Balaban J connectivity index is 2.31. The number of hydrogen-bond acceptors (Lipinski definition) is 3. The molecule has 4 heteroatoms. The average molecular weight is 145 g/mol. The van der Waals surface area contributed by atoms with Gasteiger partial charge < -0.3 is 15.6 Å². The minimum atomic E-state index is -0.546. The third-order valence-corrected chi connectivity index (χ3v) is 1.60. The summed E-state index contributed by atoms with van der Waals surface area (Å²) in [5.74, 6) is -0.488. The molecule has 0 aromatic rings. The second-order valence-corrected chi connectivity index (χ2v) is 2.40. The number of primary amides is 1. The van der Waals surface area contributed by atoms with Crippen LogP contribution in [0.4, 0.5) is 0 Å². The maximum Gasteiger partial charge on any atom is 0.249 e. The number of epoxide rings is 1. The number of aliphatic hydroxyl groups excluding tert-OH is 1. The van der Waals surface area contributed by atoms with Crippen LogP contribution in [-0.4, -0.2) is 29.3 Å². The fourth-order valence-electron chi connectivity index (χ4n) is 0.878. The summed E-state index contributed by atoms with van der Waals surface area (Å²) in [4.78, 5) is 10.4. The van der Waals surface area contributed by atoms with Gasteiger partial charge >= 0.3 is 0 Å². The minimum Gasteiger partial charge on any atom is -0.390 e. The number of nitrogens with two attached hydrogens (primary N) is 1. The fraction of sp³-hybridized carbons (Fsp3) is 0.833. The van der Waals surface area contributed by atoms with Crippen molar-refractivity contribution >= 4 is 5.91 Å². The van der Waals surface area contributed by atoms with Crippen molar-refractivity contribution in [2.75, 3.05) is 0 Å². The Morgan fingerprint density at radius 3 is 2.80 bits per heavy atom. The van der Waals surface area contributed by atoms with Crippen molar-refractivity contribution in [2.45, 2.75) is 31.7 Å². The van der Waals surface area contributed by atoms with Crippen LogP contribution in [0, 0.1) is 0 Å². The molecule has 0 aromatic heterocycles. The van der Waals surface area contributed by atoms with Gasteiger partial charge in [-0.25, -0.2) is 0 Å². The van der Waals surface area contributed by atoms with Crippen LogP contribution in [0.1, 0.15) is 13.3 Å². The molecule has 0 unspecified atom stereocenters. The normalized spacial score (nSPS) is 33.4. The molecular formula is C6H11NO3. The lowest BCUT2D eigenvalue weighted by Gasteiger charge is -1.99. The van der Waals surface area contributed by atoms with E-state index in [4.69, 9.17) is 15.6 Å². The number of carbonyl (C=O) groups excluding carboxylic acids is 1. The zero-order valence-electron chi connectivity index (χ0n) is 5.78. The van der Waals surface area contributed by atoms with Crippen molar-refractivity contribution in [3.8, 4) is 0 Å². The Labute approximate surface area is 59.0 Å². The summed E-state index contributed by atoms with van der Waals surface area (Å²) in [7, 11) is 0. The Morgan fingerprint density at radius 2 is 2.50 bits per heavy atom. The second-order valence-electron chi connectivity index (χ2n) is 2.40. The molecule has 3 N–H and O–H groups in total. The van der Waals surface area contributed by atoms with Gasteiger partial charge in [-0.05, 0) is 6.42 Å². The standard InChI is InChI=1S/C6H11NO3/c1-2-3(8)4-5(10-4)6(7)9/h3-5,8H,2H2,1H3,(H2,7,9)/t3-,4-,5-/m1/s1. The molecule has 1 heterocycles. The second kappa shape index (κ2) is 2.56. The van der Waals surface area contributed by atoms with Crippen molar-refractivity contribution in [1.29, 1.82) is 0 Å². The van der Waals surface area contributed by atoms with Gasteiger partial charge in [0.05, 0.1) is 6.10 Å². The van der Waals surface area contributed by atoms with Crippen molar-refractivity contribution in [1.82, 2.24) is 0 Å². The van der Waals surface area contributed by atoms with Crippen LogP contribution in [0.2, 0.25) is 0 Å². The van der Waals surface area contributed by atoms with E-state index in [-0.39, 0.29) is 6.10 Å². The molecular weight excluding hydrogens is 134 g/mol. The molecule has 1 amide bonds. The summed E-state index contributed by atoms with van der Waals surface area (Å²) < 4.78 is 4.81. The van der Waals surface area contributed by atoms with Crippen molar-refractivity contribution in [2.24, 2.45) is 5.73 Å². The average Bonchev–Trinajstić information content (AvgIpc) is 2.64. The van der Waals surface area contributed by atoms with Gasteiger partial charge in [-0.2, -0.15) is 0 Å². The number of hydrogen-bond donors (Lipinski definition) is 2. The van der Waals surface area contributed by atoms with E-state index in [2.05, 4.69) is 0 Å². The topological polar surface area (TPSA) is 75.8 Å². The number of aliphatic hydroxyl groups is 1. The zero-order chi connectivity index (χ0) is 7.72. The van der Waals surface area contributed by atoms with E-state index >= 15 is 0 Å². The predicted octanol–water partition coefficient (Wildman–Crippen LogP) is -0.990. The minimum absolute atomic E-state index is 0.345. The maximum atomic E-state index is 10.4. The third kappa shape index (κ3) is 1.27. The molecule has 10 heavy (non-hydrogen) atoms. The van der Waals surface area contributed by atoms with E-state index in [9.17, 15) is 4.79 Å². The van der Waals surface area contributed by atoms with Gasteiger partial charge in [0.1, 0.15) is 6.10 Å². The molecule has 0 aliphatic carbocycles. The first-order valence-corrected chi connectivity index (χ1v) is 3.29. The van der Waals surface area contributed by atoms with Crippen LogP contribution >= 0.6 is 0 Å². The summed E-state index contributed by atoms with van der Waals surface area (Å²) in [6.07, 6.45) is -0.844. The molecule has 58 valence electrons. The number of carbonyl (C=O) groups is 1. The van der Waals surface area contributed by atoms with Gasteiger partial charge in [0.15, 0.2) is 6.10 Å². The largest absolute Gasteiger partial charge is 0.390 e. The molecule has 0 bridgehead atoms. The molecule has 4 nitrogen and oxygen atoms in total. The lowest BCUT2D eigenvalue weighted by Crippen LogP contribution is -2.24. The van der Waals surface area contributed by atoms with E-state index in [0.29, 0.717) is 6.42 Å². The number of amides is 1. The van der Waals surface area contributed by atoms with Gasteiger partial charge in [0.2, 0.25) is 5.91 Å². The van der Waals surface area contributed by atoms with Gasteiger partial charge in [-0.1, -0.05) is 6.92 Å². The fourth-order valence-corrected chi connectivity index (χ4v) is 0.878. The molecule has 1 aliphatic rings. The summed E-state index contributed by atoms with van der Waals surface area (Å²) in [6.45, 7) is 1.82. The van der Waals surface area contributed by atoms with E-state index in [1.54, 1.807) is 0 Å². The summed E-state index contributed by atoms with van der Waals surface area (Å²) >= 11 is 0. The summed E-state index contributed by atoms with van der Waals surface area (Å²) in [5.41, 5.74) is 4.91. The highest BCUT2D eigenvalue weighted by Crippen LogP contribution is 2.26. The molecule has 0 saturated carbocycles. The number of rotatable bonds is 3. The first-order valence-electron chi connectivity index (χ1n) is 3.29. The quantitative estimate of drug-likeness (QED) is 0.500. The highest BCUT2D eigenvalue weighted by molar-refractivity contribution is 5.81. The summed E-state index contributed by atoms with van der Waals surface area (Å²) in [5, 5.41) is 9.08. The third-order valence-electron chi connectivity index (χ3n) is 1.60. The van der Waals surface area contributed by atoms with Crippen LogP contribution in [0.15, 0.2) is 0 Å². The Hall–Kier alpha value is -0.610. The molecule has 1 rings (SSSR count). The van der Waals surface area contributed by atoms with Crippen LogP contribution in [-0.2, 0) is 9.53 Å². The van der Waals surface area contributed by atoms with Crippen molar-refractivity contribution < 1.29 is 14.6 Å². The van der Waals surface area contributed by atoms with Gasteiger partial charge in [-0.15, -0.1) is 0 Å². The highest BCUT2D eigenvalue weighted by atomic mass is 16.6. The molecule has 1 aliphatic heterocycles. The van der Waals surface area contributed by atoms with Crippen LogP contribution < -0.4 is 5.73 Å². The zero-order valence-corrected chi connectivity index (χ0v) is 5.78. The lowest BCUT2D eigenvalue weighted by molar-refractivity contribution is -0.119. The Kier molecular flexibility index (Phi) is 1.92. The van der Waals surface area contributed by atoms with Crippen LogP contribution in [0.3, 0.4) is 0 Å². The van der Waals surface area contributed by atoms with E-state index in [1.807, 2.05) is 6.92 Å². The Morgan fingerprint density at radius 1 is 1.90 bits per heavy atom. The monoisotopic (exact) mass is 145 g/mol. The predicted molar refractivity (Wildman–Crippen MR) is 34.2 cm³/mol. The van der Waals surface area contributed by atoms with Crippen LogP contribution in [0.5, 0.6) is 0 Å². The van der Waals surface area contributed by atoms with Crippen molar-refractivity contribution in [3.05, 3.63) is 0 Å². The van der Waals surface area contributed by atoms with Gasteiger partial charge in [0, 0.05) is 0 Å².